The van der Waals surface area contributed by atoms with Crippen LogP contribution in [0.25, 0.3) is 0 Å². The van der Waals surface area contributed by atoms with Gasteiger partial charge in [-0.15, -0.1) is 5.10 Å². The van der Waals surface area contributed by atoms with Gasteiger partial charge in [-0.1, -0.05) is 30.5 Å². The molecule has 0 saturated heterocycles. The number of rotatable bonds is 8. The van der Waals surface area contributed by atoms with Gasteiger partial charge >= 0.3 is 6.01 Å². The monoisotopic (exact) mass is 386 g/mol. The predicted octanol–water partition coefficient (Wildman–Crippen LogP) is 3.03. The summed E-state index contributed by atoms with van der Waals surface area (Å²) in [4.78, 5) is 0.141. The summed E-state index contributed by atoms with van der Waals surface area (Å²) in [5, 5.41) is 8.61. The molecular weight excluding hydrogens is 364 g/mol. The first-order valence-electron chi connectivity index (χ1n) is 8.08. The molecule has 0 unspecified atom stereocenters. The molecule has 1 heterocycles. The van der Waals surface area contributed by atoms with E-state index in [1.54, 1.807) is 11.5 Å². The van der Waals surface area contributed by atoms with Gasteiger partial charge in [0.05, 0.1) is 17.5 Å². The summed E-state index contributed by atoms with van der Waals surface area (Å²) in [7, 11) is -3.70. The van der Waals surface area contributed by atoms with Crippen molar-refractivity contribution < 1.29 is 13.2 Å². The van der Waals surface area contributed by atoms with Gasteiger partial charge in [0.1, 0.15) is 0 Å². The smallest absolute Gasteiger partial charge is 0.316 e. The Hall–Kier alpha value is -1.64. The molecule has 1 aromatic heterocycles. The highest BCUT2D eigenvalue weighted by atomic mass is 35.5. The zero-order valence-electron chi connectivity index (χ0n) is 14.7. The Morgan fingerprint density at radius 2 is 1.84 bits per heavy atom. The van der Waals surface area contributed by atoms with E-state index in [9.17, 15) is 8.42 Å². The van der Waals surface area contributed by atoms with E-state index >= 15 is 0 Å². The summed E-state index contributed by atoms with van der Waals surface area (Å²) in [6.07, 6.45) is 0. The second-order valence-electron chi connectivity index (χ2n) is 6.09. The van der Waals surface area contributed by atoms with Gasteiger partial charge in [-0.2, -0.15) is 0 Å². The third kappa shape index (κ3) is 4.93. The Bertz CT molecular complexity index is 803. The van der Waals surface area contributed by atoms with Gasteiger partial charge in [-0.25, -0.2) is 13.1 Å². The van der Waals surface area contributed by atoms with Crippen LogP contribution in [0.4, 0.5) is 0 Å². The largest absolute Gasteiger partial charge is 0.463 e. The number of aromatic nitrogens is 3. The van der Waals surface area contributed by atoms with Gasteiger partial charge in [0.25, 0.3) is 0 Å². The van der Waals surface area contributed by atoms with Gasteiger partial charge < -0.3 is 4.74 Å². The van der Waals surface area contributed by atoms with Crippen LogP contribution in [-0.4, -0.2) is 29.8 Å². The third-order valence-corrected chi connectivity index (χ3v) is 5.26. The summed E-state index contributed by atoms with van der Waals surface area (Å²) >= 11 is 5.81. The maximum Gasteiger partial charge on any atom is 0.316 e. The van der Waals surface area contributed by atoms with E-state index in [0.29, 0.717) is 35.9 Å². The van der Waals surface area contributed by atoms with Crippen molar-refractivity contribution in [2.24, 2.45) is 5.92 Å². The Morgan fingerprint density at radius 1 is 1.20 bits per heavy atom. The molecular formula is C16H23ClN4O3S. The maximum atomic E-state index is 12.5. The Morgan fingerprint density at radius 3 is 2.40 bits per heavy atom. The summed E-state index contributed by atoms with van der Waals surface area (Å²) in [5.74, 6) is 0.852. The molecule has 0 aliphatic heterocycles. The summed E-state index contributed by atoms with van der Waals surface area (Å²) in [5.41, 5.74) is 0. The number of benzene rings is 1. The quantitative estimate of drug-likeness (QED) is 0.753. The van der Waals surface area contributed by atoms with Crippen LogP contribution >= 0.6 is 11.6 Å². The van der Waals surface area contributed by atoms with Crippen LogP contribution in [0.1, 0.15) is 39.6 Å². The van der Waals surface area contributed by atoms with Gasteiger partial charge in [0.2, 0.25) is 10.0 Å². The van der Waals surface area contributed by atoms with Gasteiger partial charge in [0, 0.05) is 11.6 Å². The van der Waals surface area contributed by atoms with E-state index in [-0.39, 0.29) is 4.90 Å². The lowest BCUT2D eigenvalue weighted by Gasteiger charge is -2.15. The van der Waals surface area contributed by atoms with E-state index in [0.717, 1.165) is 0 Å². The van der Waals surface area contributed by atoms with Crippen molar-refractivity contribution in [2.75, 3.05) is 6.61 Å². The molecule has 0 fully saturated rings. The van der Waals surface area contributed by atoms with Gasteiger partial charge in [-0.3, -0.25) is 4.57 Å². The predicted molar refractivity (Wildman–Crippen MR) is 96.2 cm³/mol. The minimum atomic E-state index is -3.70. The highest BCUT2D eigenvalue weighted by Gasteiger charge is 2.23. The van der Waals surface area contributed by atoms with Crippen molar-refractivity contribution in [3.63, 3.8) is 0 Å². The van der Waals surface area contributed by atoms with Crippen molar-refractivity contribution >= 4 is 21.6 Å². The zero-order valence-corrected chi connectivity index (χ0v) is 16.3. The van der Waals surface area contributed by atoms with Crippen LogP contribution in [0.15, 0.2) is 29.2 Å². The molecule has 138 valence electrons. The first kappa shape index (κ1) is 19.7. The fourth-order valence-corrected chi connectivity index (χ4v) is 3.56. The number of hydrogen-bond acceptors (Lipinski definition) is 5. The molecule has 25 heavy (non-hydrogen) atoms. The lowest BCUT2D eigenvalue weighted by molar-refractivity contribution is 0.239. The number of halogens is 1. The van der Waals surface area contributed by atoms with Crippen LogP contribution in [0, 0.1) is 5.92 Å². The standard InChI is InChI=1S/C16H23ClN4O3S/c1-5-21-15(18-19-16(21)24-10-11(2)3)12(4)20-25(22,23)14-8-6-13(17)7-9-14/h6-9,11-12,20H,5,10H2,1-4H3/t12-/m1/s1. The normalized spacial score (nSPS) is 13.2. The second kappa shape index (κ2) is 8.16. The Kier molecular flexibility index (Phi) is 6.42. The fraction of sp³-hybridized carbons (Fsp3) is 0.500. The maximum absolute atomic E-state index is 12.5. The fourth-order valence-electron chi connectivity index (χ4n) is 2.23. The summed E-state index contributed by atoms with van der Waals surface area (Å²) in [6, 6.07) is 5.81. The molecule has 0 aliphatic rings. The van der Waals surface area contributed by atoms with E-state index < -0.39 is 16.1 Å². The van der Waals surface area contributed by atoms with E-state index in [4.69, 9.17) is 16.3 Å². The average Bonchev–Trinajstić information content (AvgIpc) is 2.96. The van der Waals surface area contributed by atoms with E-state index in [1.165, 1.54) is 24.3 Å². The molecule has 2 aromatic rings. The number of hydrogen-bond donors (Lipinski definition) is 1. The molecule has 7 nitrogen and oxygen atoms in total. The lowest BCUT2D eigenvalue weighted by Crippen LogP contribution is -2.29. The van der Waals surface area contributed by atoms with Crippen molar-refractivity contribution in [1.29, 1.82) is 0 Å². The van der Waals surface area contributed by atoms with Crippen LogP contribution in [0.5, 0.6) is 6.01 Å². The molecule has 2 rings (SSSR count). The summed E-state index contributed by atoms with van der Waals surface area (Å²) < 4.78 is 35.0. The number of sulfonamides is 1. The molecule has 0 spiro atoms. The molecule has 0 bridgehead atoms. The van der Waals surface area contributed by atoms with Gasteiger partial charge in [-0.05, 0) is 44.0 Å². The van der Waals surface area contributed by atoms with Crippen LogP contribution in [0.2, 0.25) is 5.02 Å². The second-order valence-corrected chi connectivity index (χ2v) is 8.24. The van der Waals surface area contributed by atoms with Crippen LogP contribution < -0.4 is 9.46 Å². The minimum absolute atomic E-state index is 0.141. The minimum Gasteiger partial charge on any atom is -0.463 e. The first-order valence-corrected chi connectivity index (χ1v) is 9.94. The molecule has 1 aromatic carbocycles. The zero-order chi connectivity index (χ0) is 18.6. The third-order valence-electron chi connectivity index (χ3n) is 3.45. The highest BCUT2D eigenvalue weighted by molar-refractivity contribution is 7.89. The molecule has 0 aliphatic carbocycles. The van der Waals surface area contributed by atoms with E-state index in [2.05, 4.69) is 14.9 Å². The number of ether oxygens (including phenoxy) is 1. The topological polar surface area (TPSA) is 86.1 Å². The molecule has 1 atom stereocenters. The van der Waals surface area contributed by atoms with Crippen molar-refractivity contribution in [3.8, 4) is 6.01 Å². The molecule has 0 saturated carbocycles. The van der Waals surface area contributed by atoms with Crippen molar-refractivity contribution in [2.45, 2.75) is 45.2 Å². The Labute approximate surface area is 153 Å². The first-order chi connectivity index (χ1) is 11.7. The van der Waals surface area contributed by atoms with E-state index in [1.807, 2.05) is 20.8 Å². The SMILES string of the molecule is CCn1c(OCC(C)C)nnc1[C@@H](C)NS(=O)(=O)c1ccc(Cl)cc1. The van der Waals surface area contributed by atoms with Crippen molar-refractivity contribution in [1.82, 2.24) is 19.5 Å². The van der Waals surface area contributed by atoms with Crippen LogP contribution in [0.3, 0.4) is 0 Å². The van der Waals surface area contributed by atoms with Crippen LogP contribution in [-0.2, 0) is 16.6 Å². The van der Waals surface area contributed by atoms with Gasteiger partial charge in [0.15, 0.2) is 5.82 Å². The molecule has 9 heteroatoms. The molecule has 0 amide bonds. The van der Waals surface area contributed by atoms with Crippen molar-refractivity contribution in [3.05, 3.63) is 35.1 Å². The number of nitrogens with one attached hydrogen (secondary N) is 1. The lowest BCUT2D eigenvalue weighted by atomic mass is 10.2. The number of nitrogens with zero attached hydrogens (tertiary/aromatic N) is 3. The molecule has 0 radical (unpaired) electrons. The highest BCUT2D eigenvalue weighted by Crippen LogP contribution is 2.20. The molecule has 1 N–H and O–H groups in total. The average molecular weight is 387 g/mol. The Balaban J connectivity index is 2.20. The summed E-state index contributed by atoms with van der Waals surface area (Å²) in [6.45, 7) is 8.81.